The van der Waals surface area contributed by atoms with Crippen LogP contribution in [-0.4, -0.2) is 98.4 Å². The van der Waals surface area contributed by atoms with Crippen LogP contribution in [-0.2, 0) is 39.9 Å². The highest BCUT2D eigenvalue weighted by Gasteiger charge is 2.29. The summed E-state index contributed by atoms with van der Waals surface area (Å²) < 4.78 is 18.8. The van der Waals surface area contributed by atoms with Crippen LogP contribution in [0.25, 0.3) is 10.2 Å². The number of aliphatic carboxylic acids is 1. The van der Waals surface area contributed by atoms with Crippen LogP contribution in [0.5, 0.6) is 0 Å². The molecule has 1 aliphatic rings. The van der Waals surface area contributed by atoms with E-state index < -0.39 is 5.97 Å². The number of thiophene rings is 1. The molecular weight excluding hydrogens is 749 g/mol. The zero-order valence-electron chi connectivity index (χ0n) is 33.8. The van der Waals surface area contributed by atoms with Gasteiger partial charge in [-0.05, 0) is 93.5 Å². The van der Waals surface area contributed by atoms with E-state index in [9.17, 15) is 24.0 Å². The van der Waals surface area contributed by atoms with E-state index in [1.54, 1.807) is 16.2 Å². The maximum absolute atomic E-state index is 13.7. The van der Waals surface area contributed by atoms with E-state index in [0.29, 0.717) is 71.2 Å². The first-order valence-corrected chi connectivity index (χ1v) is 21.5. The summed E-state index contributed by atoms with van der Waals surface area (Å²) in [6, 6.07) is 11.8. The molecule has 1 aliphatic carbocycles. The molecule has 314 valence electrons. The number of aryl methyl sites for hydroxylation is 1. The number of Topliss-reactive ketones (excluding diaryl/α,β-unsaturated/α-hetero) is 1. The van der Waals surface area contributed by atoms with Crippen molar-refractivity contribution < 1.29 is 43.3 Å². The van der Waals surface area contributed by atoms with Gasteiger partial charge >= 0.3 is 5.97 Å². The number of nitrogens with one attached hydrogen (secondary N) is 2. The quantitative estimate of drug-likeness (QED) is 0.0546. The summed E-state index contributed by atoms with van der Waals surface area (Å²) in [6.07, 6.45) is 8.78. The molecule has 1 aromatic carbocycles. The summed E-state index contributed by atoms with van der Waals surface area (Å²) in [4.78, 5) is 64.5. The number of amides is 3. The van der Waals surface area contributed by atoms with Crippen molar-refractivity contribution >= 4 is 56.7 Å². The lowest BCUT2D eigenvalue weighted by Gasteiger charge is -2.27. The molecule has 1 fully saturated rings. The van der Waals surface area contributed by atoms with E-state index in [2.05, 4.69) is 10.6 Å². The number of hydrogen-bond acceptors (Lipinski definition) is 9. The van der Waals surface area contributed by atoms with Crippen molar-refractivity contribution in [2.45, 2.75) is 97.4 Å². The number of nitrogens with zero attached hydrogens (tertiary/aromatic N) is 2. The molecule has 0 spiro atoms. The Labute approximate surface area is 340 Å². The fourth-order valence-electron chi connectivity index (χ4n) is 7.24. The van der Waals surface area contributed by atoms with Gasteiger partial charge in [-0.25, -0.2) is 0 Å². The average Bonchev–Trinajstić information content (AvgIpc) is 3.79. The predicted molar refractivity (Wildman–Crippen MR) is 222 cm³/mol. The van der Waals surface area contributed by atoms with Crippen LogP contribution >= 0.6 is 11.3 Å². The summed E-state index contributed by atoms with van der Waals surface area (Å²) in [7, 11) is 0. The van der Waals surface area contributed by atoms with Crippen LogP contribution in [0, 0.1) is 18.8 Å². The number of hydrogen-bond donors (Lipinski definition) is 3. The monoisotopic (exact) mass is 810 g/mol. The molecule has 4 rings (SSSR count). The minimum Gasteiger partial charge on any atom is -0.481 e. The van der Waals surface area contributed by atoms with Crippen molar-refractivity contribution in [3.05, 3.63) is 53.0 Å². The highest BCUT2D eigenvalue weighted by atomic mass is 32.1. The third kappa shape index (κ3) is 16.0. The fraction of sp³-hybridized carbons (Fsp3) is 0.605. The van der Waals surface area contributed by atoms with Gasteiger partial charge in [0.05, 0.1) is 62.0 Å². The predicted octanol–water partition coefficient (Wildman–Crippen LogP) is 6.54. The van der Waals surface area contributed by atoms with Gasteiger partial charge in [-0.1, -0.05) is 31.4 Å². The second-order valence-corrected chi connectivity index (χ2v) is 15.7. The van der Waals surface area contributed by atoms with Gasteiger partial charge < -0.3 is 39.4 Å². The molecule has 0 bridgehead atoms. The standard InChI is InChI=1S/C43H62N4O9S/c1-3-46(35-11-9-10-32(2)28-35)41(50)31-47-36-18-27-57-39(36)30-37(47)38(48)29-33-13-15-34(16-14-33)43(53)45-19-8-6-4-5-7-12-40(49)44-20-22-55-24-26-56-25-23-54-21-17-42(51)52/h9-11,18,27-28,30,33-34H,3-8,12-17,19-26,29,31H2,1-2H3,(H,44,49)(H,45,53)(H,51,52). The Bertz CT molecular complexity index is 1710. The summed E-state index contributed by atoms with van der Waals surface area (Å²) in [5.41, 5.74) is 3.45. The van der Waals surface area contributed by atoms with Crippen LogP contribution < -0.4 is 15.5 Å². The van der Waals surface area contributed by atoms with Gasteiger partial charge in [-0.2, -0.15) is 0 Å². The van der Waals surface area contributed by atoms with Crippen molar-refractivity contribution in [1.29, 1.82) is 0 Å². The Balaban J connectivity index is 1.03. The summed E-state index contributed by atoms with van der Waals surface area (Å²) in [5, 5.41) is 16.5. The number of rotatable bonds is 28. The zero-order valence-corrected chi connectivity index (χ0v) is 34.6. The minimum atomic E-state index is -0.889. The van der Waals surface area contributed by atoms with Gasteiger partial charge in [0.25, 0.3) is 0 Å². The van der Waals surface area contributed by atoms with Crippen LogP contribution in [0.1, 0.15) is 100 Å². The van der Waals surface area contributed by atoms with Crippen molar-refractivity contribution in [3.63, 3.8) is 0 Å². The van der Waals surface area contributed by atoms with E-state index in [1.807, 2.05) is 60.2 Å². The molecule has 57 heavy (non-hydrogen) atoms. The maximum Gasteiger partial charge on any atom is 0.305 e. The SMILES string of the molecule is CCN(C(=O)Cn1c(C(=O)CC2CCC(C(=O)NCCCCCCCC(=O)NCCOCCOCCOCCC(=O)O)CC2)cc2sccc21)c1cccc(C)c1. The van der Waals surface area contributed by atoms with E-state index in [1.165, 1.54) is 0 Å². The number of fused-ring (bicyclic) bond motifs is 1. The average molecular weight is 811 g/mol. The molecule has 1 saturated carbocycles. The molecular formula is C43H62N4O9S. The van der Waals surface area contributed by atoms with Gasteiger partial charge in [0, 0.05) is 44.1 Å². The molecule has 13 nitrogen and oxygen atoms in total. The van der Waals surface area contributed by atoms with Crippen molar-refractivity contribution in [2.75, 3.05) is 64.2 Å². The smallest absolute Gasteiger partial charge is 0.305 e. The first kappa shape index (κ1) is 45.6. The minimum absolute atomic E-state index is 0.0127. The topological polar surface area (TPSA) is 165 Å². The number of anilines is 1. The Morgan fingerprint density at radius 2 is 1.53 bits per heavy atom. The number of aromatic nitrogens is 1. The lowest BCUT2D eigenvalue weighted by atomic mass is 9.79. The van der Waals surface area contributed by atoms with Gasteiger partial charge in [0.2, 0.25) is 17.7 Å². The molecule has 3 aromatic rings. The molecule has 2 aromatic heterocycles. The largest absolute Gasteiger partial charge is 0.481 e. The molecule has 14 heteroatoms. The number of carboxylic acids is 1. The second-order valence-electron chi connectivity index (χ2n) is 14.7. The van der Waals surface area contributed by atoms with Gasteiger partial charge in [-0.15, -0.1) is 11.3 Å². The van der Waals surface area contributed by atoms with Crippen LogP contribution in [0.3, 0.4) is 0 Å². The van der Waals surface area contributed by atoms with E-state index >= 15 is 0 Å². The van der Waals surface area contributed by atoms with Crippen LogP contribution in [0.4, 0.5) is 5.69 Å². The number of ether oxygens (including phenoxy) is 3. The molecule has 0 unspecified atom stereocenters. The Hall–Kier alpha value is -4.11. The number of unbranched alkanes of at least 4 members (excludes halogenated alkanes) is 4. The number of likely N-dealkylation sites (N-methyl/N-ethyl adjacent to an activating group) is 1. The number of carbonyl (C=O) groups is 5. The van der Waals surface area contributed by atoms with Crippen molar-refractivity contribution in [3.8, 4) is 0 Å². The van der Waals surface area contributed by atoms with Crippen LogP contribution in [0.15, 0.2) is 41.8 Å². The van der Waals surface area contributed by atoms with Gasteiger partial charge in [0.15, 0.2) is 5.78 Å². The first-order chi connectivity index (χ1) is 27.7. The lowest BCUT2D eigenvalue weighted by Crippen LogP contribution is -2.35. The first-order valence-electron chi connectivity index (χ1n) is 20.6. The number of carboxylic acid groups (broad SMARTS) is 1. The number of benzene rings is 1. The van der Waals surface area contributed by atoms with E-state index in [0.717, 1.165) is 79.3 Å². The molecule has 3 amide bonds. The zero-order chi connectivity index (χ0) is 40.8. The van der Waals surface area contributed by atoms with Crippen LogP contribution in [0.2, 0.25) is 0 Å². The molecule has 3 N–H and O–H groups in total. The molecule has 0 radical (unpaired) electrons. The Morgan fingerprint density at radius 3 is 2.25 bits per heavy atom. The Kier molecular flexibility index (Phi) is 20.2. The number of ketones is 1. The van der Waals surface area contributed by atoms with Crippen molar-refractivity contribution in [2.24, 2.45) is 11.8 Å². The van der Waals surface area contributed by atoms with E-state index in [4.69, 9.17) is 19.3 Å². The third-order valence-corrected chi connectivity index (χ3v) is 11.2. The lowest BCUT2D eigenvalue weighted by molar-refractivity contribution is -0.138. The highest BCUT2D eigenvalue weighted by Crippen LogP contribution is 2.33. The molecule has 2 heterocycles. The van der Waals surface area contributed by atoms with E-state index in [-0.39, 0.29) is 54.9 Å². The highest BCUT2D eigenvalue weighted by molar-refractivity contribution is 7.17. The summed E-state index contributed by atoms with van der Waals surface area (Å²) in [6.45, 7) is 7.81. The Morgan fingerprint density at radius 1 is 0.825 bits per heavy atom. The third-order valence-electron chi connectivity index (χ3n) is 10.4. The summed E-state index contributed by atoms with van der Waals surface area (Å²) in [5.74, 6) is -0.572. The normalized spacial score (nSPS) is 15.4. The fourth-order valence-corrected chi connectivity index (χ4v) is 8.06. The maximum atomic E-state index is 13.7. The summed E-state index contributed by atoms with van der Waals surface area (Å²) >= 11 is 1.58. The molecule has 0 saturated heterocycles. The molecule has 0 atom stereocenters. The van der Waals surface area contributed by atoms with Gasteiger partial charge in [-0.3, -0.25) is 24.0 Å². The second kappa shape index (κ2) is 25.3. The van der Waals surface area contributed by atoms with Gasteiger partial charge in [0.1, 0.15) is 6.54 Å². The molecule has 0 aliphatic heterocycles. The van der Waals surface area contributed by atoms with Crippen molar-refractivity contribution in [1.82, 2.24) is 15.2 Å². The number of carbonyl (C=O) groups excluding carboxylic acids is 4.